The first-order valence-corrected chi connectivity index (χ1v) is 5.86. The van der Waals surface area contributed by atoms with Gasteiger partial charge in [-0.05, 0) is 34.6 Å². The lowest BCUT2D eigenvalue weighted by Gasteiger charge is -2.22. The molecule has 0 aromatic heterocycles. The van der Waals surface area contributed by atoms with E-state index in [1.54, 1.807) is 13.8 Å². The molecule has 0 bridgehead atoms. The van der Waals surface area contributed by atoms with Crippen LogP contribution in [0.1, 0.15) is 41.0 Å². The third kappa shape index (κ3) is 7.74. The van der Waals surface area contributed by atoms with Crippen molar-refractivity contribution >= 4 is 11.8 Å². The predicted octanol–water partition coefficient (Wildman–Crippen LogP) is 0.392. The summed E-state index contributed by atoms with van der Waals surface area (Å²) in [6.45, 7) is 10.4. The molecule has 0 aromatic rings. The Balaban J connectivity index is 3.86. The molecule has 5 nitrogen and oxygen atoms in total. The zero-order valence-corrected chi connectivity index (χ0v) is 11.5. The molecule has 0 heterocycles. The average molecular weight is 243 g/mol. The summed E-state index contributed by atoms with van der Waals surface area (Å²) in [5.74, 6) is -0.485. The first kappa shape index (κ1) is 15.9. The summed E-state index contributed by atoms with van der Waals surface area (Å²) in [6.07, 6.45) is 0.395. The van der Waals surface area contributed by atoms with Gasteiger partial charge in [0.25, 0.3) is 0 Å². The number of nitrogens with one attached hydrogen (secondary N) is 2. The fraction of sp³-hybridized carbons (Fsp3) is 0.833. The molecule has 5 heteroatoms. The minimum Gasteiger partial charge on any atom is -0.369 e. The van der Waals surface area contributed by atoms with Crippen LogP contribution in [0.4, 0.5) is 0 Å². The highest BCUT2D eigenvalue weighted by Gasteiger charge is 2.25. The Morgan fingerprint density at radius 1 is 1.12 bits per heavy atom. The van der Waals surface area contributed by atoms with Gasteiger partial charge in [-0.15, -0.1) is 0 Å². The summed E-state index contributed by atoms with van der Waals surface area (Å²) < 4.78 is 0. The van der Waals surface area contributed by atoms with Gasteiger partial charge in [-0.1, -0.05) is 0 Å². The van der Waals surface area contributed by atoms with Gasteiger partial charge in [-0.2, -0.15) is 0 Å². The minimum absolute atomic E-state index is 0.00672. The second-order valence-corrected chi connectivity index (χ2v) is 5.95. The molecule has 0 saturated carbocycles. The third-order valence-corrected chi connectivity index (χ3v) is 2.40. The molecule has 4 N–H and O–H groups in total. The van der Waals surface area contributed by atoms with Gasteiger partial charge in [0, 0.05) is 25.0 Å². The Bertz CT molecular complexity index is 280. The fourth-order valence-corrected chi connectivity index (χ4v) is 1.05. The first-order valence-electron chi connectivity index (χ1n) is 5.86. The topological polar surface area (TPSA) is 84.2 Å². The standard InChI is InChI=1S/C12H25N3O2/c1-11(2,3)15-7-6-9(16)14-8-12(4,5)10(13)17/h15H,6-8H2,1-5H3,(H2,13,17)(H,14,16). The van der Waals surface area contributed by atoms with Gasteiger partial charge in [0.15, 0.2) is 0 Å². The zero-order chi connectivity index (χ0) is 13.7. The van der Waals surface area contributed by atoms with Gasteiger partial charge in [-0.25, -0.2) is 0 Å². The molecule has 0 fully saturated rings. The van der Waals surface area contributed by atoms with E-state index in [0.29, 0.717) is 13.0 Å². The van der Waals surface area contributed by atoms with Crippen molar-refractivity contribution in [3.63, 3.8) is 0 Å². The van der Waals surface area contributed by atoms with Crippen LogP contribution in [-0.2, 0) is 9.59 Å². The molecule has 0 aliphatic heterocycles. The van der Waals surface area contributed by atoms with E-state index in [2.05, 4.69) is 10.6 Å². The maximum atomic E-state index is 11.5. The van der Waals surface area contributed by atoms with Crippen LogP contribution >= 0.6 is 0 Å². The monoisotopic (exact) mass is 243 g/mol. The molecule has 0 aliphatic rings. The number of hydrogen-bond donors (Lipinski definition) is 3. The summed E-state index contributed by atoms with van der Waals surface area (Å²) >= 11 is 0. The molecule has 17 heavy (non-hydrogen) atoms. The van der Waals surface area contributed by atoms with Crippen LogP contribution in [0.25, 0.3) is 0 Å². The van der Waals surface area contributed by atoms with Crippen molar-refractivity contribution in [2.75, 3.05) is 13.1 Å². The molecule has 0 radical (unpaired) electrons. The van der Waals surface area contributed by atoms with E-state index in [1.165, 1.54) is 0 Å². The number of carbonyl (C=O) groups is 2. The molecule has 0 rings (SSSR count). The number of primary amides is 1. The quantitative estimate of drug-likeness (QED) is 0.631. The van der Waals surface area contributed by atoms with E-state index in [4.69, 9.17) is 5.73 Å². The number of carbonyl (C=O) groups excluding carboxylic acids is 2. The summed E-state index contributed by atoms with van der Waals surface area (Å²) in [5.41, 5.74) is 4.52. The van der Waals surface area contributed by atoms with E-state index in [0.717, 1.165) is 0 Å². The predicted molar refractivity (Wildman–Crippen MR) is 68.4 cm³/mol. The van der Waals surface area contributed by atoms with Crippen molar-refractivity contribution in [3.05, 3.63) is 0 Å². The van der Waals surface area contributed by atoms with Gasteiger partial charge in [-0.3, -0.25) is 9.59 Å². The van der Waals surface area contributed by atoms with Gasteiger partial charge >= 0.3 is 0 Å². The van der Waals surface area contributed by atoms with E-state index in [1.807, 2.05) is 20.8 Å². The largest absolute Gasteiger partial charge is 0.369 e. The van der Waals surface area contributed by atoms with Crippen LogP contribution in [0.3, 0.4) is 0 Å². The molecule has 0 aliphatic carbocycles. The highest BCUT2D eigenvalue weighted by atomic mass is 16.2. The van der Waals surface area contributed by atoms with Crippen LogP contribution in [-0.4, -0.2) is 30.4 Å². The summed E-state index contributed by atoms with van der Waals surface area (Å²) in [7, 11) is 0. The van der Waals surface area contributed by atoms with E-state index in [9.17, 15) is 9.59 Å². The zero-order valence-electron chi connectivity index (χ0n) is 11.5. The smallest absolute Gasteiger partial charge is 0.224 e. The van der Waals surface area contributed by atoms with Crippen LogP contribution in [0, 0.1) is 5.41 Å². The Morgan fingerprint density at radius 2 is 1.65 bits per heavy atom. The Kier molecular flexibility index (Phi) is 5.61. The van der Waals surface area contributed by atoms with Crippen molar-refractivity contribution in [3.8, 4) is 0 Å². The van der Waals surface area contributed by atoms with Crippen molar-refractivity contribution < 1.29 is 9.59 Å². The maximum absolute atomic E-state index is 11.5. The second kappa shape index (κ2) is 6.00. The minimum atomic E-state index is -0.701. The first-order chi connectivity index (χ1) is 7.54. The molecule has 0 spiro atoms. The van der Waals surface area contributed by atoms with Gasteiger partial charge in [0.1, 0.15) is 0 Å². The van der Waals surface area contributed by atoms with Crippen LogP contribution in [0.15, 0.2) is 0 Å². The lowest BCUT2D eigenvalue weighted by atomic mass is 9.93. The number of rotatable bonds is 6. The lowest BCUT2D eigenvalue weighted by molar-refractivity contribution is -0.127. The highest BCUT2D eigenvalue weighted by Crippen LogP contribution is 2.11. The number of hydrogen-bond acceptors (Lipinski definition) is 3. The van der Waals surface area contributed by atoms with Gasteiger partial charge in [0.05, 0.1) is 5.41 Å². The number of amides is 2. The normalized spacial score (nSPS) is 12.3. The van der Waals surface area contributed by atoms with Crippen LogP contribution < -0.4 is 16.4 Å². The van der Waals surface area contributed by atoms with E-state index < -0.39 is 11.3 Å². The average Bonchev–Trinajstić information content (AvgIpc) is 2.12. The van der Waals surface area contributed by atoms with E-state index >= 15 is 0 Å². The Hall–Kier alpha value is -1.10. The SMILES string of the molecule is CC(C)(C)NCCC(=O)NCC(C)(C)C(N)=O. The van der Waals surface area contributed by atoms with Crippen LogP contribution in [0.2, 0.25) is 0 Å². The third-order valence-electron chi connectivity index (χ3n) is 2.40. The maximum Gasteiger partial charge on any atom is 0.224 e. The van der Waals surface area contributed by atoms with Gasteiger partial charge < -0.3 is 16.4 Å². The second-order valence-electron chi connectivity index (χ2n) is 5.95. The molecular formula is C12H25N3O2. The van der Waals surface area contributed by atoms with E-state index in [-0.39, 0.29) is 18.0 Å². The number of nitrogens with two attached hydrogens (primary N) is 1. The summed E-state index contributed by atoms with van der Waals surface area (Å²) in [5, 5.41) is 5.93. The molecular weight excluding hydrogens is 218 g/mol. The van der Waals surface area contributed by atoms with Crippen molar-refractivity contribution in [2.45, 2.75) is 46.6 Å². The molecule has 0 unspecified atom stereocenters. The van der Waals surface area contributed by atoms with Crippen molar-refractivity contribution in [1.29, 1.82) is 0 Å². The molecule has 0 saturated heterocycles. The Morgan fingerprint density at radius 3 is 2.06 bits per heavy atom. The van der Waals surface area contributed by atoms with Crippen molar-refractivity contribution in [2.24, 2.45) is 11.1 Å². The Labute approximate surface area is 104 Å². The molecule has 0 aromatic carbocycles. The lowest BCUT2D eigenvalue weighted by Crippen LogP contribution is -2.43. The molecule has 100 valence electrons. The molecule has 0 atom stereocenters. The highest BCUT2D eigenvalue weighted by molar-refractivity contribution is 5.82. The summed E-state index contributed by atoms with van der Waals surface area (Å²) in [6, 6.07) is 0. The fourth-order valence-electron chi connectivity index (χ4n) is 1.05. The molecule has 2 amide bonds. The van der Waals surface area contributed by atoms with Gasteiger partial charge in [0.2, 0.25) is 11.8 Å². The van der Waals surface area contributed by atoms with Crippen molar-refractivity contribution in [1.82, 2.24) is 10.6 Å². The van der Waals surface area contributed by atoms with Crippen LogP contribution in [0.5, 0.6) is 0 Å². The summed E-state index contributed by atoms with van der Waals surface area (Å²) in [4.78, 5) is 22.5.